The van der Waals surface area contributed by atoms with Crippen LogP contribution in [-0.4, -0.2) is 57.6 Å². The number of hydrogen-bond donors (Lipinski definition) is 3. The molecular weight excluding hydrogens is 476 g/mol. The van der Waals surface area contributed by atoms with Crippen molar-refractivity contribution in [1.29, 1.82) is 0 Å². The summed E-state index contributed by atoms with van der Waals surface area (Å²) in [4.78, 5) is 30.7. The van der Waals surface area contributed by atoms with Crippen LogP contribution in [0.4, 0.5) is 0 Å². The molecule has 4 aromatic rings. The number of aromatic nitrogens is 1. The van der Waals surface area contributed by atoms with Gasteiger partial charge in [0.1, 0.15) is 6.04 Å². The molecule has 1 aromatic heterocycles. The molecule has 0 saturated heterocycles. The van der Waals surface area contributed by atoms with Crippen molar-refractivity contribution < 1.29 is 14.7 Å². The summed E-state index contributed by atoms with van der Waals surface area (Å²) in [6, 6.07) is 27.0. The number of amides is 1. The summed E-state index contributed by atoms with van der Waals surface area (Å²) in [7, 11) is 1.82. The lowest BCUT2D eigenvalue weighted by Gasteiger charge is -2.36. The summed E-state index contributed by atoms with van der Waals surface area (Å²) >= 11 is 0. The molecule has 7 heteroatoms. The first kappa shape index (κ1) is 27.1. The number of carbonyl (C=O) groups is 2. The monoisotopic (exact) mass is 512 g/mol. The SMILES string of the molecule is CCN(NC(CC(=O)O)Cc1c[nH]c2ccccc12)C(Cc1ccccc1)C(=O)N(C)Cc1ccccc1. The minimum Gasteiger partial charge on any atom is -0.481 e. The van der Waals surface area contributed by atoms with E-state index in [0.29, 0.717) is 25.9 Å². The van der Waals surface area contributed by atoms with Gasteiger partial charge >= 0.3 is 5.97 Å². The standard InChI is InChI=1S/C31H36N4O3/c1-3-35(33-26(20-30(36)37)19-25-21-32-28-17-11-10-16-27(25)28)29(18-23-12-6-4-7-13-23)31(38)34(2)22-24-14-8-5-9-15-24/h4-17,21,26,29,32-33H,3,18-20,22H2,1-2H3,(H,36,37). The Hall–Kier alpha value is -3.94. The van der Waals surface area contributed by atoms with Crippen molar-refractivity contribution in [2.24, 2.45) is 0 Å². The molecule has 38 heavy (non-hydrogen) atoms. The number of nitrogens with zero attached hydrogens (tertiary/aromatic N) is 2. The lowest BCUT2D eigenvalue weighted by atomic mass is 10.0. The van der Waals surface area contributed by atoms with Gasteiger partial charge in [0.2, 0.25) is 5.91 Å². The summed E-state index contributed by atoms with van der Waals surface area (Å²) in [6.07, 6.45) is 2.89. The number of nitrogens with one attached hydrogen (secondary N) is 2. The van der Waals surface area contributed by atoms with Crippen molar-refractivity contribution in [2.75, 3.05) is 13.6 Å². The van der Waals surface area contributed by atoms with Crippen LogP contribution in [0.2, 0.25) is 0 Å². The van der Waals surface area contributed by atoms with E-state index < -0.39 is 18.1 Å². The smallest absolute Gasteiger partial charge is 0.304 e. The molecule has 198 valence electrons. The molecule has 0 radical (unpaired) electrons. The van der Waals surface area contributed by atoms with Crippen molar-refractivity contribution >= 4 is 22.8 Å². The second-order valence-corrected chi connectivity index (χ2v) is 9.66. The van der Waals surface area contributed by atoms with Crippen molar-refractivity contribution in [2.45, 2.75) is 44.8 Å². The number of H-pyrrole nitrogens is 1. The minimum absolute atomic E-state index is 0.0202. The van der Waals surface area contributed by atoms with E-state index in [1.165, 1.54) is 0 Å². The van der Waals surface area contributed by atoms with Gasteiger partial charge in [0.15, 0.2) is 0 Å². The van der Waals surface area contributed by atoms with Gasteiger partial charge in [0, 0.05) is 43.3 Å². The van der Waals surface area contributed by atoms with E-state index in [9.17, 15) is 14.7 Å². The molecule has 0 aliphatic carbocycles. The molecule has 0 spiro atoms. The number of benzene rings is 3. The average molecular weight is 513 g/mol. The molecule has 2 unspecified atom stereocenters. The Bertz CT molecular complexity index is 1320. The van der Waals surface area contributed by atoms with Gasteiger partial charge in [-0.15, -0.1) is 0 Å². The predicted octanol–water partition coefficient (Wildman–Crippen LogP) is 4.65. The Kier molecular flexibility index (Phi) is 9.30. The van der Waals surface area contributed by atoms with Crippen LogP contribution in [0.5, 0.6) is 0 Å². The highest BCUT2D eigenvalue weighted by atomic mass is 16.4. The second kappa shape index (κ2) is 13.0. The lowest BCUT2D eigenvalue weighted by Crippen LogP contribution is -2.57. The van der Waals surface area contributed by atoms with Gasteiger partial charge in [-0.3, -0.25) is 15.0 Å². The highest BCUT2D eigenvalue weighted by molar-refractivity contribution is 5.83. The van der Waals surface area contributed by atoms with E-state index in [0.717, 1.165) is 27.6 Å². The normalized spacial score (nSPS) is 12.9. The number of likely N-dealkylation sites (N-methyl/N-ethyl adjacent to an activating group) is 2. The van der Waals surface area contributed by atoms with E-state index >= 15 is 0 Å². The maximum Gasteiger partial charge on any atom is 0.304 e. The van der Waals surface area contributed by atoms with Crippen LogP contribution >= 0.6 is 0 Å². The van der Waals surface area contributed by atoms with E-state index in [-0.39, 0.29) is 12.3 Å². The molecule has 4 rings (SSSR count). The molecule has 0 fully saturated rings. The van der Waals surface area contributed by atoms with Crippen LogP contribution in [-0.2, 0) is 29.0 Å². The molecule has 3 N–H and O–H groups in total. The van der Waals surface area contributed by atoms with Gasteiger partial charge in [0.05, 0.1) is 6.42 Å². The van der Waals surface area contributed by atoms with Crippen LogP contribution in [0.15, 0.2) is 91.1 Å². The zero-order chi connectivity index (χ0) is 26.9. The number of aromatic amines is 1. The van der Waals surface area contributed by atoms with Crippen LogP contribution in [0.1, 0.15) is 30.0 Å². The first-order valence-electron chi connectivity index (χ1n) is 13.1. The van der Waals surface area contributed by atoms with Gasteiger partial charge < -0.3 is 15.0 Å². The van der Waals surface area contributed by atoms with E-state index in [2.05, 4.69) is 10.4 Å². The van der Waals surface area contributed by atoms with Crippen LogP contribution < -0.4 is 5.43 Å². The van der Waals surface area contributed by atoms with Crippen molar-refractivity contribution in [3.05, 3.63) is 108 Å². The number of carboxylic acid groups (broad SMARTS) is 1. The van der Waals surface area contributed by atoms with Crippen molar-refractivity contribution in [3.8, 4) is 0 Å². The lowest BCUT2D eigenvalue weighted by molar-refractivity contribution is -0.139. The van der Waals surface area contributed by atoms with Gasteiger partial charge in [-0.05, 0) is 35.6 Å². The fourth-order valence-corrected chi connectivity index (χ4v) is 4.93. The van der Waals surface area contributed by atoms with Crippen LogP contribution in [0, 0.1) is 0 Å². The number of carboxylic acids is 1. The van der Waals surface area contributed by atoms with Crippen LogP contribution in [0.3, 0.4) is 0 Å². The quantitative estimate of drug-likeness (QED) is 0.227. The average Bonchev–Trinajstić information content (AvgIpc) is 3.33. The molecule has 3 aromatic carbocycles. The van der Waals surface area contributed by atoms with Crippen LogP contribution in [0.25, 0.3) is 10.9 Å². The summed E-state index contributed by atoms with van der Waals surface area (Å²) in [5.41, 5.74) is 7.61. The van der Waals surface area contributed by atoms with Gasteiger partial charge in [0.25, 0.3) is 0 Å². The molecule has 0 aliphatic rings. The fraction of sp³-hybridized carbons (Fsp3) is 0.290. The Morgan fingerprint density at radius 1 is 0.895 bits per heavy atom. The molecule has 7 nitrogen and oxygen atoms in total. The number of rotatable bonds is 13. The van der Waals surface area contributed by atoms with Gasteiger partial charge in [-0.1, -0.05) is 85.8 Å². The highest BCUT2D eigenvalue weighted by Crippen LogP contribution is 2.21. The number of para-hydroxylation sites is 1. The maximum atomic E-state index is 13.9. The molecule has 0 aliphatic heterocycles. The molecule has 0 saturated carbocycles. The Morgan fingerprint density at radius 2 is 1.53 bits per heavy atom. The molecule has 0 bridgehead atoms. The zero-order valence-electron chi connectivity index (χ0n) is 22.0. The highest BCUT2D eigenvalue weighted by Gasteiger charge is 2.30. The summed E-state index contributed by atoms with van der Waals surface area (Å²) in [5, 5.41) is 12.7. The number of aliphatic carboxylic acids is 1. The summed E-state index contributed by atoms with van der Waals surface area (Å²) < 4.78 is 0. The van der Waals surface area contributed by atoms with Crippen molar-refractivity contribution in [1.82, 2.24) is 20.3 Å². The summed E-state index contributed by atoms with van der Waals surface area (Å²) in [6.45, 7) is 3.02. The van der Waals surface area contributed by atoms with E-state index in [1.54, 1.807) is 4.90 Å². The third-order valence-corrected chi connectivity index (χ3v) is 6.82. The molecule has 1 heterocycles. The Balaban J connectivity index is 1.58. The Morgan fingerprint density at radius 3 is 2.18 bits per heavy atom. The fourth-order valence-electron chi connectivity index (χ4n) is 4.93. The number of hydrazine groups is 1. The molecular formula is C31H36N4O3. The largest absolute Gasteiger partial charge is 0.481 e. The Labute approximate surface area is 224 Å². The van der Waals surface area contributed by atoms with Crippen molar-refractivity contribution in [3.63, 3.8) is 0 Å². The molecule has 2 atom stereocenters. The van der Waals surface area contributed by atoms with E-state index in [1.807, 2.05) is 110 Å². The van der Waals surface area contributed by atoms with E-state index in [4.69, 9.17) is 0 Å². The van der Waals surface area contributed by atoms with Gasteiger partial charge in [-0.25, -0.2) is 5.01 Å². The topological polar surface area (TPSA) is 88.7 Å². The predicted molar refractivity (Wildman–Crippen MR) is 150 cm³/mol. The third-order valence-electron chi connectivity index (χ3n) is 6.82. The third kappa shape index (κ3) is 7.09. The maximum absolute atomic E-state index is 13.9. The second-order valence-electron chi connectivity index (χ2n) is 9.66. The number of carbonyl (C=O) groups excluding carboxylic acids is 1. The summed E-state index contributed by atoms with van der Waals surface area (Å²) in [5.74, 6) is -0.904. The molecule has 1 amide bonds. The zero-order valence-corrected chi connectivity index (χ0v) is 22.0. The number of hydrogen-bond acceptors (Lipinski definition) is 4. The first-order valence-corrected chi connectivity index (χ1v) is 13.1. The van der Waals surface area contributed by atoms with Gasteiger partial charge in [-0.2, -0.15) is 0 Å². The number of fused-ring (bicyclic) bond motifs is 1. The first-order chi connectivity index (χ1) is 18.4. The minimum atomic E-state index is -0.884.